The lowest BCUT2D eigenvalue weighted by molar-refractivity contribution is 0.635. The zero-order valence-electron chi connectivity index (χ0n) is 15.9. The van der Waals surface area contributed by atoms with Crippen molar-refractivity contribution in [3.63, 3.8) is 0 Å². The molecule has 1 aliphatic rings. The van der Waals surface area contributed by atoms with E-state index in [4.69, 9.17) is 21.7 Å². The lowest BCUT2D eigenvalue weighted by atomic mass is 10.1. The highest BCUT2D eigenvalue weighted by Crippen LogP contribution is 2.36. The number of hydrogen-bond acceptors (Lipinski definition) is 4. The van der Waals surface area contributed by atoms with Crippen molar-refractivity contribution in [2.24, 2.45) is 0 Å². The Bertz CT molecular complexity index is 1360. The van der Waals surface area contributed by atoms with Gasteiger partial charge in [-0.05, 0) is 18.2 Å². The van der Waals surface area contributed by atoms with Crippen molar-refractivity contribution in [1.82, 2.24) is 34.1 Å². The van der Waals surface area contributed by atoms with Gasteiger partial charge in [-0.25, -0.2) is 14.6 Å². The molecule has 8 heteroatoms. The SMILES string of the molecule is Clc1cccc2c1-c1ncnn1Cc1cnc(Cn3ccc(-c4ccccc4)n3)n1-2. The molecular weight excluding hydrogens is 398 g/mol. The van der Waals surface area contributed by atoms with Crippen LogP contribution in [0.3, 0.4) is 0 Å². The Morgan fingerprint density at radius 2 is 1.87 bits per heavy atom. The van der Waals surface area contributed by atoms with E-state index >= 15 is 0 Å². The molecule has 0 amide bonds. The highest BCUT2D eigenvalue weighted by Gasteiger charge is 2.25. The van der Waals surface area contributed by atoms with Crippen LogP contribution in [0.2, 0.25) is 5.02 Å². The average Bonchev–Trinajstić information content (AvgIpc) is 3.49. The molecule has 146 valence electrons. The molecule has 0 bridgehead atoms. The van der Waals surface area contributed by atoms with E-state index in [1.54, 1.807) is 6.33 Å². The van der Waals surface area contributed by atoms with Crippen molar-refractivity contribution < 1.29 is 0 Å². The van der Waals surface area contributed by atoms with Gasteiger partial charge in [0.25, 0.3) is 0 Å². The Labute approximate surface area is 177 Å². The molecule has 0 N–H and O–H groups in total. The van der Waals surface area contributed by atoms with Gasteiger partial charge in [-0.3, -0.25) is 9.25 Å². The first-order valence-electron chi connectivity index (χ1n) is 9.59. The average molecular weight is 414 g/mol. The number of hydrogen-bond donors (Lipinski definition) is 0. The van der Waals surface area contributed by atoms with Gasteiger partial charge < -0.3 is 0 Å². The molecule has 2 aromatic carbocycles. The molecule has 1 aliphatic heterocycles. The van der Waals surface area contributed by atoms with Crippen LogP contribution < -0.4 is 0 Å². The van der Waals surface area contributed by atoms with Gasteiger partial charge >= 0.3 is 0 Å². The lowest BCUT2D eigenvalue weighted by Gasteiger charge is -2.13. The summed E-state index contributed by atoms with van der Waals surface area (Å²) in [5.41, 5.74) is 4.86. The van der Waals surface area contributed by atoms with E-state index in [0.29, 0.717) is 18.1 Å². The molecule has 4 heterocycles. The summed E-state index contributed by atoms with van der Waals surface area (Å²) in [6.45, 7) is 1.11. The largest absolute Gasteiger partial charge is 0.296 e. The van der Waals surface area contributed by atoms with E-state index in [1.807, 2.05) is 64.2 Å². The molecule has 6 rings (SSSR count). The summed E-state index contributed by atoms with van der Waals surface area (Å²) >= 11 is 6.58. The number of imidazole rings is 1. The van der Waals surface area contributed by atoms with Gasteiger partial charge in [0, 0.05) is 11.8 Å². The fraction of sp³-hybridized carbons (Fsp3) is 0.0909. The summed E-state index contributed by atoms with van der Waals surface area (Å²) in [6, 6.07) is 18.0. The predicted octanol–water partition coefficient (Wildman–Crippen LogP) is 4.06. The number of benzene rings is 2. The van der Waals surface area contributed by atoms with Crippen molar-refractivity contribution in [3.05, 3.63) is 89.9 Å². The Morgan fingerprint density at radius 3 is 2.77 bits per heavy atom. The number of rotatable bonds is 3. The maximum absolute atomic E-state index is 6.58. The van der Waals surface area contributed by atoms with Gasteiger partial charge in [0.05, 0.1) is 46.9 Å². The molecule has 7 nitrogen and oxygen atoms in total. The van der Waals surface area contributed by atoms with Crippen molar-refractivity contribution >= 4 is 11.6 Å². The zero-order chi connectivity index (χ0) is 20.1. The lowest BCUT2D eigenvalue weighted by Crippen LogP contribution is -2.10. The summed E-state index contributed by atoms with van der Waals surface area (Å²) in [6.07, 6.45) is 5.43. The molecule has 3 aromatic heterocycles. The second-order valence-corrected chi connectivity index (χ2v) is 7.55. The molecule has 0 fully saturated rings. The molecule has 0 saturated heterocycles. The summed E-state index contributed by atoms with van der Waals surface area (Å²) in [5, 5.41) is 9.75. The van der Waals surface area contributed by atoms with E-state index in [2.05, 4.69) is 26.8 Å². The van der Waals surface area contributed by atoms with Crippen LogP contribution in [0, 0.1) is 0 Å². The number of halogens is 1. The minimum atomic E-state index is 0.536. The molecule has 0 aliphatic carbocycles. The van der Waals surface area contributed by atoms with Crippen LogP contribution in [-0.2, 0) is 13.1 Å². The third-order valence-corrected chi connectivity index (χ3v) is 5.62. The third-order valence-electron chi connectivity index (χ3n) is 5.30. The van der Waals surface area contributed by atoms with Crippen LogP contribution in [0.15, 0.2) is 73.3 Å². The Balaban J connectivity index is 1.44. The van der Waals surface area contributed by atoms with E-state index < -0.39 is 0 Å². The molecule has 0 radical (unpaired) electrons. The number of nitrogens with zero attached hydrogens (tertiary/aromatic N) is 7. The van der Waals surface area contributed by atoms with Crippen LogP contribution >= 0.6 is 11.6 Å². The van der Waals surface area contributed by atoms with Gasteiger partial charge in [-0.1, -0.05) is 48.0 Å². The van der Waals surface area contributed by atoms with Gasteiger partial charge in [0.2, 0.25) is 0 Å². The van der Waals surface area contributed by atoms with E-state index in [-0.39, 0.29) is 0 Å². The minimum absolute atomic E-state index is 0.536. The van der Waals surface area contributed by atoms with Crippen LogP contribution in [0.4, 0.5) is 0 Å². The topological polar surface area (TPSA) is 66.3 Å². The van der Waals surface area contributed by atoms with Crippen LogP contribution in [-0.4, -0.2) is 34.1 Å². The van der Waals surface area contributed by atoms with Crippen molar-refractivity contribution in [2.75, 3.05) is 0 Å². The predicted molar refractivity (Wildman–Crippen MR) is 113 cm³/mol. The first kappa shape index (κ1) is 17.2. The second-order valence-electron chi connectivity index (χ2n) is 7.14. The fourth-order valence-electron chi connectivity index (χ4n) is 3.95. The van der Waals surface area contributed by atoms with Gasteiger partial charge in [0.1, 0.15) is 12.2 Å². The quantitative estimate of drug-likeness (QED) is 0.439. The van der Waals surface area contributed by atoms with E-state index in [9.17, 15) is 0 Å². The highest BCUT2D eigenvalue weighted by atomic mass is 35.5. The van der Waals surface area contributed by atoms with Gasteiger partial charge in [-0.2, -0.15) is 10.2 Å². The zero-order valence-corrected chi connectivity index (χ0v) is 16.6. The second kappa shape index (κ2) is 6.67. The highest BCUT2D eigenvalue weighted by molar-refractivity contribution is 6.33. The van der Waals surface area contributed by atoms with Gasteiger partial charge in [0.15, 0.2) is 5.82 Å². The fourth-order valence-corrected chi connectivity index (χ4v) is 4.21. The van der Waals surface area contributed by atoms with Crippen LogP contribution in [0.25, 0.3) is 28.3 Å². The van der Waals surface area contributed by atoms with Crippen molar-refractivity contribution in [2.45, 2.75) is 13.1 Å². The summed E-state index contributed by atoms with van der Waals surface area (Å²) < 4.78 is 5.90. The monoisotopic (exact) mass is 413 g/mol. The molecule has 0 atom stereocenters. The first-order chi connectivity index (χ1) is 14.8. The van der Waals surface area contributed by atoms with E-state index in [1.165, 1.54) is 0 Å². The number of fused-ring (bicyclic) bond motifs is 5. The maximum Gasteiger partial charge on any atom is 0.162 e. The van der Waals surface area contributed by atoms with Crippen LogP contribution in [0.1, 0.15) is 11.5 Å². The molecule has 0 unspecified atom stereocenters. The normalized spacial score (nSPS) is 12.2. The maximum atomic E-state index is 6.58. The Kier molecular flexibility index (Phi) is 3.82. The van der Waals surface area contributed by atoms with E-state index in [0.717, 1.165) is 39.9 Å². The molecule has 5 aromatic rings. The minimum Gasteiger partial charge on any atom is -0.296 e. The molecule has 30 heavy (non-hydrogen) atoms. The third kappa shape index (κ3) is 2.67. The van der Waals surface area contributed by atoms with Crippen LogP contribution in [0.5, 0.6) is 0 Å². The summed E-state index contributed by atoms with van der Waals surface area (Å²) in [4.78, 5) is 9.15. The summed E-state index contributed by atoms with van der Waals surface area (Å²) in [7, 11) is 0. The molecular formula is C22H16ClN7. The van der Waals surface area contributed by atoms with Crippen molar-refractivity contribution in [1.29, 1.82) is 0 Å². The molecule has 0 spiro atoms. The smallest absolute Gasteiger partial charge is 0.162 e. The molecule has 0 saturated carbocycles. The Hall–Kier alpha value is -3.71. The first-order valence-corrected chi connectivity index (χ1v) is 9.97. The Morgan fingerprint density at radius 1 is 0.967 bits per heavy atom. The van der Waals surface area contributed by atoms with Gasteiger partial charge in [-0.15, -0.1) is 0 Å². The summed E-state index contributed by atoms with van der Waals surface area (Å²) in [5.74, 6) is 1.64. The number of aromatic nitrogens is 7. The van der Waals surface area contributed by atoms with Crippen molar-refractivity contribution in [3.8, 4) is 28.3 Å². The standard InChI is InChI=1S/C22H16ClN7/c23-17-7-4-8-19-21(17)22-25-14-26-29(22)12-16-11-24-20(30(16)19)13-28-10-9-18(27-28)15-5-2-1-3-6-15/h1-11,14H,12-13H2.